The molecule has 1 heterocycles. The van der Waals surface area contributed by atoms with E-state index in [1.54, 1.807) is 0 Å². The van der Waals surface area contributed by atoms with E-state index in [4.69, 9.17) is 0 Å². The topological polar surface area (TPSA) is 32.3 Å². The molecule has 80 valence electrons. The lowest BCUT2D eigenvalue weighted by atomic mass is 9.86. The van der Waals surface area contributed by atoms with Crippen LogP contribution in [0, 0.1) is 0 Å². The highest BCUT2D eigenvalue weighted by molar-refractivity contribution is 5.20. The van der Waals surface area contributed by atoms with Crippen LogP contribution >= 0.6 is 0 Å². The van der Waals surface area contributed by atoms with E-state index in [-0.39, 0.29) is 0 Å². The lowest BCUT2D eigenvalue weighted by molar-refractivity contribution is 0.0950. The molecule has 1 saturated heterocycles. The van der Waals surface area contributed by atoms with Gasteiger partial charge in [-0.25, -0.2) is 0 Å². The first-order valence-electron chi connectivity index (χ1n) is 5.94. The van der Waals surface area contributed by atoms with E-state index in [0.717, 1.165) is 32.4 Å². The number of hydrogen-bond donors (Lipinski definition) is 2. The lowest BCUT2D eigenvalue weighted by Gasteiger charge is -2.26. The van der Waals surface area contributed by atoms with Gasteiger partial charge in [-0.3, -0.25) is 0 Å². The number of nitrogens with one attached hydrogen (secondary N) is 1. The highest BCUT2D eigenvalue weighted by Gasteiger charge is 2.34. The Bertz CT molecular complexity index is 216. The molecule has 0 aromatic carbocycles. The van der Waals surface area contributed by atoms with Crippen LogP contribution in [0.25, 0.3) is 0 Å². The minimum absolute atomic E-state index is 0.503. The van der Waals surface area contributed by atoms with E-state index in [2.05, 4.69) is 11.4 Å². The van der Waals surface area contributed by atoms with Crippen molar-refractivity contribution in [2.45, 2.75) is 50.5 Å². The maximum atomic E-state index is 10.4. The van der Waals surface area contributed by atoms with Gasteiger partial charge in [-0.05, 0) is 44.2 Å². The molecule has 1 atom stereocenters. The van der Waals surface area contributed by atoms with Gasteiger partial charge in [0.2, 0.25) is 0 Å². The van der Waals surface area contributed by atoms with Gasteiger partial charge >= 0.3 is 0 Å². The van der Waals surface area contributed by atoms with Crippen molar-refractivity contribution in [1.29, 1.82) is 0 Å². The second-order valence-electron chi connectivity index (χ2n) is 4.64. The van der Waals surface area contributed by atoms with Crippen LogP contribution in [-0.2, 0) is 0 Å². The third kappa shape index (κ3) is 2.18. The molecule has 2 nitrogen and oxygen atoms in total. The Kier molecular flexibility index (Phi) is 3.24. The SMILES string of the molecule is OC1(C2=CCCCCCC2)CCNC1. The van der Waals surface area contributed by atoms with Crippen molar-refractivity contribution in [3.8, 4) is 0 Å². The molecule has 1 aliphatic heterocycles. The summed E-state index contributed by atoms with van der Waals surface area (Å²) in [5, 5.41) is 13.7. The van der Waals surface area contributed by atoms with Gasteiger partial charge in [0.05, 0.1) is 5.60 Å². The highest BCUT2D eigenvalue weighted by Crippen LogP contribution is 2.30. The van der Waals surface area contributed by atoms with E-state index >= 15 is 0 Å². The van der Waals surface area contributed by atoms with Gasteiger partial charge in [-0.1, -0.05) is 18.9 Å². The van der Waals surface area contributed by atoms with Crippen LogP contribution in [0.15, 0.2) is 11.6 Å². The summed E-state index contributed by atoms with van der Waals surface area (Å²) in [6, 6.07) is 0. The fourth-order valence-electron chi connectivity index (χ4n) is 2.57. The molecule has 0 bridgehead atoms. The van der Waals surface area contributed by atoms with Crippen molar-refractivity contribution >= 4 is 0 Å². The maximum absolute atomic E-state index is 10.4. The van der Waals surface area contributed by atoms with Crippen LogP contribution in [-0.4, -0.2) is 23.8 Å². The molecular formula is C12H21NO. The maximum Gasteiger partial charge on any atom is 0.0992 e. The first kappa shape index (κ1) is 10.2. The Labute approximate surface area is 86.4 Å². The van der Waals surface area contributed by atoms with Crippen LogP contribution in [0.5, 0.6) is 0 Å². The normalized spacial score (nSPS) is 34.8. The van der Waals surface area contributed by atoms with Crippen LogP contribution in [0.3, 0.4) is 0 Å². The monoisotopic (exact) mass is 195 g/mol. The number of aliphatic hydroxyl groups is 1. The fourth-order valence-corrected chi connectivity index (χ4v) is 2.57. The van der Waals surface area contributed by atoms with Crippen molar-refractivity contribution < 1.29 is 5.11 Å². The van der Waals surface area contributed by atoms with E-state index < -0.39 is 5.60 Å². The van der Waals surface area contributed by atoms with Gasteiger partial charge in [0.25, 0.3) is 0 Å². The summed E-state index contributed by atoms with van der Waals surface area (Å²) in [5.41, 5.74) is 0.805. The first-order valence-corrected chi connectivity index (χ1v) is 5.94. The van der Waals surface area contributed by atoms with Gasteiger partial charge in [0, 0.05) is 6.54 Å². The zero-order valence-electron chi connectivity index (χ0n) is 8.89. The summed E-state index contributed by atoms with van der Waals surface area (Å²) in [6.07, 6.45) is 10.7. The molecule has 2 N–H and O–H groups in total. The molecule has 0 aromatic rings. The van der Waals surface area contributed by atoms with Crippen molar-refractivity contribution in [3.63, 3.8) is 0 Å². The highest BCUT2D eigenvalue weighted by atomic mass is 16.3. The number of β-amino-alcohol motifs (C(OH)–C–C–N with tert-alkyl or cyclic N) is 1. The Morgan fingerprint density at radius 3 is 2.86 bits per heavy atom. The van der Waals surface area contributed by atoms with Gasteiger partial charge < -0.3 is 10.4 Å². The molecule has 1 unspecified atom stereocenters. The first-order chi connectivity index (χ1) is 6.81. The Morgan fingerprint density at radius 1 is 1.21 bits per heavy atom. The molecule has 2 heteroatoms. The Morgan fingerprint density at radius 2 is 2.07 bits per heavy atom. The summed E-state index contributed by atoms with van der Waals surface area (Å²) in [5.74, 6) is 0. The van der Waals surface area contributed by atoms with Gasteiger partial charge in [-0.2, -0.15) is 0 Å². The summed E-state index contributed by atoms with van der Waals surface area (Å²) in [7, 11) is 0. The largest absolute Gasteiger partial charge is 0.384 e. The average molecular weight is 195 g/mol. The van der Waals surface area contributed by atoms with Crippen LogP contribution in [0.1, 0.15) is 44.9 Å². The molecular weight excluding hydrogens is 174 g/mol. The van der Waals surface area contributed by atoms with Crippen molar-refractivity contribution in [3.05, 3.63) is 11.6 Å². The summed E-state index contributed by atoms with van der Waals surface area (Å²) < 4.78 is 0. The second-order valence-corrected chi connectivity index (χ2v) is 4.64. The van der Waals surface area contributed by atoms with Gasteiger partial charge in [0.1, 0.15) is 0 Å². The molecule has 0 saturated carbocycles. The molecule has 0 spiro atoms. The van der Waals surface area contributed by atoms with Crippen molar-refractivity contribution in [1.82, 2.24) is 5.32 Å². The third-order valence-corrected chi connectivity index (χ3v) is 3.52. The Hall–Kier alpha value is -0.340. The summed E-state index contributed by atoms with van der Waals surface area (Å²) >= 11 is 0. The Balaban J connectivity index is 2.05. The van der Waals surface area contributed by atoms with Crippen LogP contribution in [0.2, 0.25) is 0 Å². The molecule has 0 aromatic heterocycles. The van der Waals surface area contributed by atoms with Crippen LogP contribution in [0.4, 0.5) is 0 Å². The minimum atomic E-state index is -0.503. The smallest absolute Gasteiger partial charge is 0.0992 e. The van der Waals surface area contributed by atoms with Crippen molar-refractivity contribution in [2.75, 3.05) is 13.1 Å². The number of hydrogen-bond acceptors (Lipinski definition) is 2. The summed E-state index contributed by atoms with van der Waals surface area (Å²) in [6.45, 7) is 1.73. The van der Waals surface area contributed by atoms with Crippen molar-refractivity contribution in [2.24, 2.45) is 0 Å². The molecule has 1 aliphatic carbocycles. The van der Waals surface area contributed by atoms with E-state index in [1.165, 1.54) is 31.3 Å². The molecule has 2 aliphatic rings. The fraction of sp³-hybridized carbons (Fsp3) is 0.833. The average Bonchev–Trinajstić information content (AvgIpc) is 2.52. The quantitative estimate of drug-likeness (QED) is 0.627. The zero-order valence-corrected chi connectivity index (χ0v) is 8.89. The van der Waals surface area contributed by atoms with Crippen LogP contribution < -0.4 is 5.32 Å². The predicted molar refractivity (Wildman–Crippen MR) is 58.2 cm³/mol. The van der Waals surface area contributed by atoms with E-state index in [9.17, 15) is 5.11 Å². The molecule has 2 rings (SSSR count). The third-order valence-electron chi connectivity index (χ3n) is 3.52. The summed E-state index contributed by atoms with van der Waals surface area (Å²) in [4.78, 5) is 0. The minimum Gasteiger partial charge on any atom is -0.384 e. The van der Waals surface area contributed by atoms with E-state index in [0.29, 0.717) is 0 Å². The number of allylic oxidation sites excluding steroid dienone is 1. The van der Waals surface area contributed by atoms with Gasteiger partial charge in [0.15, 0.2) is 0 Å². The molecule has 1 fully saturated rings. The lowest BCUT2D eigenvalue weighted by Crippen LogP contribution is -2.33. The molecule has 0 radical (unpaired) electrons. The number of rotatable bonds is 1. The standard InChI is InChI=1S/C12H21NO/c14-12(8-9-13-10-12)11-6-4-2-1-3-5-7-11/h6,13-14H,1-5,7-10H2. The second kappa shape index (κ2) is 4.45. The molecule has 0 amide bonds. The zero-order chi connectivity index (χ0) is 9.86. The predicted octanol–water partition coefficient (Wildman–Crippen LogP) is 1.99. The van der Waals surface area contributed by atoms with Gasteiger partial charge in [-0.15, -0.1) is 0 Å². The molecule has 14 heavy (non-hydrogen) atoms. The van der Waals surface area contributed by atoms with E-state index in [1.807, 2.05) is 0 Å².